The van der Waals surface area contributed by atoms with Crippen LogP contribution in [0.25, 0.3) is 0 Å². The molecule has 29 heavy (non-hydrogen) atoms. The molecule has 0 aromatic carbocycles. The van der Waals surface area contributed by atoms with Crippen LogP contribution in [0.1, 0.15) is 73.6 Å². The highest BCUT2D eigenvalue weighted by atomic mass is 16.5. The SMILES string of the molecule is CC[C@H](COC)NC(=O)c1cn(CC(C)C)cc(C(=O)N2CCCCCC2)c1=O. The van der Waals surface area contributed by atoms with Crippen molar-refractivity contribution in [2.24, 2.45) is 5.92 Å². The molecule has 1 aliphatic rings. The number of methoxy groups -OCH3 is 1. The zero-order valence-corrected chi connectivity index (χ0v) is 18.2. The molecule has 1 saturated heterocycles. The molecule has 0 spiro atoms. The molecule has 0 bridgehead atoms. The number of likely N-dealkylation sites (tertiary alicyclic amines) is 1. The molecule has 1 N–H and O–H groups in total. The van der Waals surface area contributed by atoms with E-state index in [4.69, 9.17) is 4.74 Å². The van der Waals surface area contributed by atoms with E-state index in [2.05, 4.69) is 19.2 Å². The van der Waals surface area contributed by atoms with Crippen LogP contribution in [0, 0.1) is 5.92 Å². The Kier molecular flexibility index (Phi) is 8.89. The van der Waals surface area contributed by atoms with E-state index >= 15 is 0 Å². The maximum Gasteiger partial charge on any atom is 0.259 e. The summed E-state index contributed by atoms with van der Waals surface area (Å²) in [6.07, 6.45) is 7.95. The highest BCUT2D eigenvalue weighted by Gasteiger charge is 2.25. The number of carbonyl (C=O) groups excluding carboxylic acids is 2. The summed E-state index contributed by atoms with van der Waals surface area (Å²) in [5.74, 6) is -0.415. The number of nitrogens with zero attached hydrogens (tertiary/aromatic N) is 2. The summed E-state index contributed by atoms with van der Waals surface area (Å²) in [5.41, 5.74) is -0.398. The largest absolute Gasteiger partial charge is 0.383 e. The Morgan fingerprint density at radius 1 is 1.10 bits per heavy atom. The number of carbonyl (C=O) groups is 2. The van der Waals surface area contributed by atoms with E-state index in [0.717, 1.165) is 25.7 Å². The highest BCUT2D eigenvalue weighted by molar-refractivity contribution is 5.99. The standard InChI is InChI=1S/C22H35N3O4/c1-5-17(15-29-4)23-21(27)18-13-24(12-16(2)3)14-19(20(18)26)22(28)25-10-8-6-7-9-11-25/h13-14,16-17H,5-12,15H2,1-4H3,(H,23,27)/t17-/m1/s1. The number of amides is 2. The molecule has 0 aliphatic carbocycles. The van der Waals surface area contributed by atoms with Gasteiger partial charge in [0.2, 0.25) is 5.43 Å². The molecule has 162 valence electrons. The molecule has 7 heteroatoms. The fraction of sp³-hybridized carbons (Fsp3) is 0.682. The van der Waals surface area contributed by atoms with Gasteiger partial charge in [0.15, 0.2) is 0 Å². The second-order valence-electron chi connectivity index (χ2n) is 8.25. The van der Waals surface area contributed by atoms with Crippen LogP contribution in [0.3, 0.4) is 0 Å². The first-order chi connectivity index (χ1) is 13.9. The number of pyridine rings is 1. The van der Waals surface area contributed by atoms with Gasteiger partial charge in [-0.05, 0) is 25.2 Å². The molecule has 1 atom stereocenters. The zero-order chi connectivity index (χ0) is 21.4. The second kappa shape index (κ2) is 11.1. The Bertz CT molecular complexity index is 749. The minimum Gasteiger partial charge on any atom is -0.383 e. The van der Waals surface area contributed by atoms with Crippen molar-refractivity contribution in [2.45, 2.75) is 65.5 Å². The lowest BCUT2D eigenvalue weighted by molar-refractivity contribution is 0.0759. The van der Waals surface area contributed by atoms with Crippen molar-refractivity contribution >= 4 is 11.8 Å². The average molecular weight is 406 g/mol. The minimum atomic E-state index is -0.496. The fourth-order valence-corrected chi connectivity index (χ4v) is 3.64. The molecule has 2 heterocycles. The lowest BCUT2D eigenvalue weighted by Crippen LogP contribution is -2.42. The third-order valence-corrected chi connectivity index (χ3v) is 5.22. The smallest absolute Gasteiger partial charge is 0.259 e. The van der Waals surface area contributed by atoms with E-state index in [1.165, 1.54) is 0 Å². The van der Waals surface area contributed by atoms with Crippen molar-refractivity contribution in [1.29, 1.82) is 0 Å². The number of hydrogen-bond acceptors (Lipinski definition) is 4. The first-order valence-corrected chi connectivity index (χ1v) is 10.7. The van der Waals surface area contributed by atoms with Crippen molar-refractivity contribution in [1.82, 2.24) is 14.8 Å². The fourth-order valence-electron chi connectivity index (χ4n) is 3.64. The van der Waals surface area contributed by atoms with E-state index in [-0.39, 0.29) is 23.1 Å². The maximum absolute atomic E-state index is 13.1. The molecule has 0 unspecified atom stereocenters. The Labute approximate surface area is 173 Å². The number of ether oxygens (including phenoxy) is 1. The van der Waals surface area contributed by atoms with Crippen LogP contribution < -0.4 is 10.7 Å². The van der Waals surface area contributed by atoms with E-state index in [1.807, 2.05) is 6.92 Å². The summed E-state index contributed by atoms with van der Waals surface area (Å²) < 4.78 is 6.93. The maximum atomic E-state index is 13.1. The van der Waals surface area contributed by atoms with Crippen LogP contribution in [0.2, 0.25) is 0 Å². The number of nitrogens with one attached hydrogen (secondary N) is 1. The Morgan fingerprint density at radius 3 is 2.28 bits per heavy atom. The molecular weight excluding hydrogens is 370 g/mol. The molecule has 0 radical (unpaired) electrons. The van der Waals surface area contributed by atoms with Crippen molar-refractivity contribution in [3.8, 4) is 0 Å². The van der Waals surface area contributed by atoms with Gasteiger partial charge in [0.1, 0.15) is 11.1 Å². The summed E-state index contributed by atoms with van der Waals surface area (Å²) in [5, 5.41) is 2.86. The Hall–Kier alpha value is -2.15. The first kappa shape index (κ1) is 23.1. The summed E-state index contributed by atoms with van der Waals surface area (Å²) in [6.45, 7) is 8.36. The first-order valence-electron chi connectivity index (χ1n) is 10.7. The van der Waals surface area contributed by atoms with Gasteiger partial charge in [0, 0.05) is 39.1 Å². The quantitative estimate of drug-likeness (QED) is 0.721. The van der Waals surface area contributed by atoms with E-state index in [0.29, 0.717) is 38.6 Å². The second-order valence-corrected chi connectivity index (χ2v) is 8.25. The van der Waals surface area contributed by atoms with Gasteiger partial charge >= 0.3 is 0 Å². The predicted octanol–water partition coefficient (Wildman–Crippen LogP) is 2.68. The van der Waals surface area contributed by atoms with Crippen LogP contribution in [0.5, 0.6) is 0 Å². The lowest BCUT2D eigenvalue weighted by Gasteiger charge is -2.22. The summed E-state index contributed by atoms with van der Waals surface area (Å²) in [6, 6.07) is -0.185. The number of hydrogen-bond donors (Lipinski definition) is 1. The minimum absolute atomic E-state index is 0.0147. The van der Waals surface area contributed by atoms with E-state index in [1.54, 1.807) is 29.0 Å². The Morgan fingerprint density at radius 2 is 1.72 bits per heavy atom. The van der Waals surface area contributed by atoms with Gasteiger partial charge in [-0.2, -0.15) is 0 Å². The third-order valence-electron chi connectivity index (χ3n) is 5.22. The summed E-state index contributed by atoms with van der Waals surface area (Å²) in [7, 11) is 1.57. The molecule has 1 aliphatic heterocycles. The van der Waals surface area contributed by atoms with Gasteiger partial charge in [-0.15, -0.1) is 0 Å². The topological polar surface area (TPSA) is 80.6 Å². The van der Waals surface area contributed by atoms with Crippen LogP contribution in [0.15, 0.2) is 17.2 Å². The third kappa shape index (κ3) is 6.42. The predicted molar refractivity (Wildman–Crippen MR) is 113 cm³/mol. The van der Waals surface area contributed by atoms with Gasteiger partial charge in [0.25, 0.3) is 11.8 Å². The van der Waals surface area contributed by atoms with Crippen molar-refractivity contribution in [3.05, 3.63) is 33.7 Å². The van der Waals surface area contributed by atoms with Crippen LogP contribution in [-0.4, -0.2) is 54.1 Å². The van der Waals surface area contributed by atoms with Crippen molar-refractivity contribution < 1.29 is 14.3 Å². The Balaban J connectivity index is 2.39. The summed E-state index contributed by atoms with van der Waals surface area (Å²) >= 11 is 0. The molecular formula is C22H35N3O4. The molecule has 2 amide bonds. The molecule has 7 nitrogen and oxygen atoms in total. The summed E-state index contributed by atoms with van der Waals surface area (Å²) in [4.78, 5) is 40.8. The average Bonchev–Trinajstić information content (AvgIpc) is 2.97. The van der Waals surface area contributed by atoms with Crippen molar-refractivity contribution in [3.63, 3.8) is 0 Å². The van der Waals surface area contributed by atoms with Crippen LogP contribution >= 0.6 is 0 Å². The molecule has 1 aromatic heterocycles. The number of rotatable bonds is 8. The molecule has 1 fully saturated rings. The normalized spacial score (nSPS) is 15.8. The number of aromatic nitrogens is 1. The van der Waals surface area contributed by atoms with Crippen LogP contribution in [0.4, 0.5) is 0 Å². The monoisotopic (exact) mass is 405 g/mol. The van der Waals surface area contributed by atoms with Gasteiger partial charge in [-0.1, -0.05) is 33.6 Å². The van der Waals surface area contributed by atoms with Gasteiger partial charge in [0.05, 0.1) is 12.6 Å². The van der Waals surface area contributed by atoms with Crippen molar-refractivity contribution in [2.75, 3.05) is 26.8 Å². The molecule has 2 rings (SSSR count). The van der Waals surface area contributed by atoms with E-state index in [9.17, 15) is 14.4 Å². The zero-order valence-electron chi connectivity index (χ0n) is 18.2. The van der Waals surface area contributed by atoms with Gasteiger partial charge < -0.3 is 19.5 Å². The lowest BCUT2D eigenvalue weighted by atomic mass is 10.1. The van der Waals surface area contributed by atoms with E-state index < -0.39 is 11.3 Å². The molecule has 0 saturated carbocycles. The highest BCUT2D eigenvalue weighted by Crippen LogP contribution is 2.13. The van der Waals surface area contributed by atoms with Gasteiger partial charge in [-0.3, -0.25) is 14.4 Å². The van der Waals surface area contributed by atoms with Crippen LogP contribution in [-0.2, 0) is 11.3 Å². The van der Waals surface area contributed by atoms with Gasteiger partial charge in [-0.25, -0.2) is 0 Å². The molecule has 1 aromatic rings.